The maximum Gasteiger partial charge on any atom is 0.211 e. The van der Waals surface area contributed by atoms with Gasteiger partial charge in [-0.1, -0.05) is 0 Å². The first-order valence-corrected chi connectivity index (χ1v) is 4.94. The molecule has 18 heavy (non-hydrogen) atoms. The number of aliphatic imine (C=N–C) groups is 1. The van der Waals surface area contributed by atoms with Crippen molar-refractivity contribution in [3.8, 4) is 0 Å². The molecule has 0 saturated carbocycles. The molecule has 0 bridgehead atoms. The van der Waals surface area contributed by atoms with Crippen LogP contribution >= 0.6 is 0 Å². The summed E-state index contributed by atoms with van der Waals surface area (Å²) in [6.07, 6.45) is 3.03. The van der Waals surface area contributed by atoms with Gasteiger partial charge in [0.25, 0.3) is 0 Å². The topological polar surface area (TPSA) is 155 Å². The maximum atomic E-state index is 5.39. The number of guanidine groups is 2. The second-order valence-electron chi connectivity index (χ2n) is 3.12. The Labute approximate surface area is 104 Å². The molecule has 8 N–H and O–H groups in total. The van der Waals surface area contributed by atoms with E-state index in [0.717, 1.165) is 11.4 Å². The van der Waals surface area contributed by atoms with Gasteiger partial charge in [0.1, 0.15) is 0 Å². The molecular weight excluding hydrogens is 234 g/mol. The fraction of sp³-hybridized carbons (Fsp3) is 0.111. The largest absolute Gasteiger partial charge is 0.369 e. The third-order valence-electron chi connectivity index (χ3n) is 1.72. The van der Waals surface area contributed by atoms with E-state index in [1.165, 1.54) is 6.21 Å². The van der Waals surface area contributed by atoms with E-state index in [9.17, 15) is 0 Å². The Bertz CT molecular complexity index is 490. The van der Waals surface area contributed by atoms with Gasteiger partial charge in [-0.25, -0.2) is 5.43 Å². The minimum absolute atomic E-state index is 0.0990. The normalized spacial score (nSPS) is 12.2. The molecule has 0 aromatic carbocycles. The van der Waals surface area contributed by atoms with Crippen molar-refractivity contribution in [2.45, 2.75) is 0 Å². The Balaban J connectivity index is 2.58. The van der Waals surface area contributed by atoms with Gasteiger partial charge in [0.05, 0.1) is 23.8 Å². The lowest BCUT2D eigenvalue weighted by molar-refractivity contribution is 1.01. The van der Waals surface area contributed by atoms with Crippen LogP contribution in [0.25, 0.3) is 0 Å². The Morgan fingerprint density at radius 3 is 2.50 bits per heavy atom. The highest BCUT2D eigenvalue weighted by molar-refractivity contribution is 5.85. The molecule has 0 saturated heterocycles. The molecule has 1 rings (SSSR count). The summed E-state index contributed by atoms with van der Waals surface area (Å²) in [6, 6.07) is 3.60. The molecule has 9 nitrogen and oxygen atoms in total. The third-order valence-corrected chi connectivity index (χ3v) is 1.72. The molecule has 0 unspecified atom stereocenters. The van der Waals surface area contributed by atoms with E-state index in [4.69, 9.17) is 17.2 Å². The smallest absolute Gasteiger partial charge is 0.211 e. The van der Waals surface area contributed by atoms with Gasteiger partial charge in [0.2, 0.25) is 11.9 Å². The summed E-state index contributed by atoms with van der Waals surface area (Å²) in [5, 5.41) is 11.0. The first kappa shape index (κ1) is 13.2. The molecule has 0 amide bonds. The highest BCUT2D eigenvalue weighted by Gasteiger charge is 1.93. The molecule has 0 aliphatic carbocycles. The fourth-order valence-corrected chi connectivity index (χ4v) is 0.956. The van der Waals surface area contributed by atoms with Gasteiger partial charge < -0.3 is 22.2 Å². The Hall–Kier alpha value is -2.84. The number of hydrogen-bond acceptors (Lipinski definition) is 4. The highest BCUT2D eigenvalue weighted by atomic mass is 15.3. The summed E-state index contributed by atoms with van der Waals surface area (Å²) in [4.78, 5) is 6.69. The molecule has 96 valence electrons. The van der Waals surface area contributed by atoms with Crippen LogP contribution in [0.3, 0.4) is 0 Å². The average Bonchev–Trinajstić information content (AvgIpc) is 2.76. The first-order valence-electron chi connectivity index (χ1n) is 4.94. The van der Waals surface area contributed by atoms with E-state index in [0.29, 0.717) is 0 Å². The van der Waals surface area contributed by atoms with Crippen molar-refractivity contribution in [3.63, 3.8) is 0 Å². The van der Waals surface area contributed by atoms with E-state index in [-0.39, 0.29) is 11.9 Å². The molecule has 9 heteroatoms. The van der Waals surface area contributed by atoms with Gasteiger partial charge in [-0.05, 0) is 12.1 Å². The lowest BCUT2D eigenvalue weighted by Gasteiger charge is -1.94. The lowest BCUT2D eigenvalue weighted by atomic mass is 10.4. The number of nitrogens with two attached hydrogens (primary N) is 3. The quantitative estimate of drug-likeness (QED) is 0.250. The third kappa shape index (κ3) is 4.79. The fourth-order valence-electron chi connectivity index (χ4n) is 0.956. The Morgan fingerprint density at radius 2 is 1.89 bits per heavy atom. The highest BCUT2D eigenvalue weighted by Crippen LogP contribution is 1.96. The Kier molecular flexibility index (Phi) is 4.91. The zero-order valence-corrected chi connectivity index (χ0v) is 9.83. The van der Waals surface area contributed by atoms with Crippen molar-refractivity contribution in [1.82, 2.24) is 10.4 Å². The molecule has 0 spiro atoms. The van der Waals surface area contributed by atoms with E-state index < -0.39 is 0 Å². The maximum absolute atomic E-state index is 5.39. The first-order chi connectivity index (χ1) is 8.61. The van der Waals surface area contributed by atoms with Crippen LogP contribution in [0, 0.1) is 0 Å². The molecule has 0 radical (unpaired) electrons. The zero-order valence-electron chi connectivity index (χ0n) is 9.83. The van der Waals surface area contributed by atoms with Crippen molar-refractivity contribution in [2.24, 2.45) is 37.5 Å². The number of rotatable bonds is 4. The second kappa shape index (κ2) is 6.68. The summed E-state index contributed by atoms with van der Waals surface area (Å²) < 4.78 is 0. The summed E-state index contributed by atoms with van der Waals surface area (Å²) in [7, 11) is 1.56. The number of aromatic nitrogens is 1. The number of nitrogens with one attached hydrogen (secondary N) is 2. The number of hydrazone groups is 1. The van der Waals surface area contributed by atoms with Gasteiger partial charge in [0, 0.05) is 7.05 Å². The van der Waals surface area contributed by atoms with Crippen LogP contribution in [-0.2, 0) is 0 Å². The van der Waals surface area contributed by atoms with E-state index in [1.54, 1.807) is 25.4 Å². The predicted molar refractivity (Wildman–Crippen MR) is 72.5 cm³/mol. The summed E-state index contributed by atoms with van der Waals surface area (Å²) in [6.45, 7) is 0. The molecule has 1 aromatic rings. The minimum Gasteiger partial charge on any atom is -0.369 e. The second-order valence-corrected chi connectivity index (χ2v) is 3.12. The number of nitrogens with zero attached hydrogens (tertiary/aromatic N) is 4. The average molecular weight is 249 g/mol. The van der Waals surface area contributed by atoms with Gasteiger partial charge in [-0.3, -0.25) is 4.99 Å². The molecule has 0 fully saturated rings. The standard InChI is InChI=1S/C9H15N9/c1-13-9(12)18-15-5-7-3-2-6(16-7)4-14-17-8(10)11/h2-5,16H,1H3,(H4,10,11,17)(H3,12,13,18)/b14-4+,15-5+. The van der Waals surface area contributed by atoms with Crippen LogP contribution in [0.1, 0.15) is 11.4 Å². The summed E-state index contributed by atoms with van der Waals surface area (Å²) in [5.74, 6) is 0.130. The number of hydrogen-bond donors (Lipinski definition) is 5. The van der Waals surface area contributed by atoms with Crippen LogP contribution in [-0.4, -0.2) is 36.4 Å². The van der Waals surface area contributed by atoms with Crippen LogP contribution < -0.4 is 22.6 Å². The van der Waals surface area contributed by atoms with Crippen LogP contribution in [0.4, 0.5) is 0 Å². The summed E-state index contributed by atoms with van der Waals surface area (Å²) in [5.41, 5.74) is 19.7. The predicted octanol–water partition coefficient (Wildman–Crippen LogP) is -1.51. The molecular formula is C9H15N9. The van der Waals surface area contributed by atoms with Gasteiger partial charge in [0.15, 0.2) is 0 Å². The molecule has 0 aliphatic heterocycles. The molecule has 0 atom stereocenters. The SMILES string of the molecule is CN=C(N)N/N=C/c1ccc(/C=N/N=C(N)N)[nH]1. The van der Waals surface area contributed by atoms with Crippen LogP contribution in [0.15, 0.2) is 32.4 Å². The van der Waals surface area contributed by atoms with Crippen molar-refractivity contribution in [2.75, 3.05) is 7.05 Å². The summed E-state index contributed by atoms with van der Waals surface area (Å²) >= 11 is 0. The Morgan fingerprint density at radius 1 is 1.22 bits per heavy atom. The van der Waals surface area contributed by atoms with Crippen molar-refractivity contribution < 1.29 is 0 Å². The number of aromatic amines is 1. The molecule has 1 heterocycles. The van der Waals surface area contributed by atoms with Crippen molar-refractivity contribution >= 4 is 24.3 Å². The number of H-pyrrole nitrogens is 1. The molecule has 0 aliphatic rings. The van der Waals surface area contributed by atoms with Gasteiger partial charge >= 0.3 is 0 Å². The lowest BCUT2D eigenvalue weighted by Crippen LogP contribution is -2.26. The van der Waals surface area contributed by atoms with E-state index >= 15 is 0 Å². The van der Waals surface area contributed by atoms with Crippen molar-refractivity contribution in [1.29, 1.82) is 0 Å². The van der Waals surface area contributed by atoms with Gasteiger partial charge in [-0.2, -0.15) is 10.2 Å². The molecule has 1 aromatic heterocycles. The monoisotopic (exact) mass is 249 g/mol. The van der Waals surface area contributed by atoms with Gasteiger partial charge in [-0.15, -0.1) is 5.10 Å². The van der Waals surface area contributed by atoms with Crippen LogP contribution in [0.2, 0.25) is 0 Å². The van der Waals surface area contributed by atoms with Crippen molar-refractivity contribution in [3.05, 3.63) is 23.5 Å². The van der Waals surface area contributed by atoms with Crippen LogP contribution in [0.5, 0.6) is 0 Å². The zero-order chi connectivity index (χ0) is 13.4. The van der Waals surface area contributed by atoms with E-state index in [1.807, 2.05) is 0 Å². The minimum atomic E-state index is -0.0990. The van der Waals surface area contributed by atoms with E-state index in [2.05, 4.69) is 30.7 Å².